The number of benzene rings is 1. The van der Waals surface area contributed by atoms with E-state index >= 15 is 0 Å². The minimum Gasteiger partial charge on any atom is -0.363 e. The zero-order valence-electron chi connectivity index (χ0n) is 24.6. The number of halogens is 3. The van der Waals surface area contributed by atoms with Gasteiger partial charge in [0, 0.05) is 55.8 Å². The molecule has 0 unspecified atom stereocenters. The predicted molar refractivity (Wildman–Crippen MR) is 159 cm³/mol. The normalized spacial score (nSPS) is 16.5. The molecule has 0 atom stereocenters. The van der Waals surface area contributed by atoms with Gasteiger partial charge in [-0.15, -0.1) is 5.10 Å². The monoisotopic (exact) mass is 617 g/mol. The third kappa shape index (κ3) is 5.66. The first-order valence-corrected chi connectivity index (χ1v) is 14.7. The first kappa shape index (κ1) is 29.0. The fraction of sp³-hybridized carbons (Fsp3) is 0.355. The van der Waals surface area contributed by atoms with Gasteiger partial charge < -0.3 is 19.4 Å². The number of nitrogens with zero attached hydrogens (tertiary/aromatic N) is 8. The number of hydrogen-bond acceptors (Lipinski definition) is 9. The molecule has 1 N–H and O–H groups in total. The highest BCUT2D eigenvalue weighted by Gasteiger charge is 2.38. The molecule has 4 aromatic heterocycles. The molecule has 0 radical (unpaired) electrons. The molecular weight excluding hydrogens is 587 g/mol. The second-order valence-electron chi connectivity index (χ2n) is 11.3. The summed E-state index contributed by atoms with van der Waals surface area (Å²) in [4.78, 5) is 22.0. The van der Waals surface area contributed by atoms with E-state index in [1.807, 2.05) is 26.0 Å². The number of allylic oxidation sites excluding steroid dienone is 1. The van der Waals surface area contributed by atoms with Crippen LogP contribution in [-0.2, 0) is 22.2 Å². The van der Waals surface area contributed by atoms with Crippen molar-refractivity contribution in [3.8, 4) is 22.8 Å². The van der Waals surface area contributed by atoms with Crippen molar-refractivity contribution in [3.63, 3.8) is 0 Å². The van der Waals surface area contributed by atoms with Crippen LogP contribution in [0.2, 0.25) is 0 Å². The van der Waals surface area contributed by atoms with Crippen molar-refractivity contribution in [2.45, 2.75) is 57.7 Å². The summed E-state index contributed by atoms with van der Waals surface area (Å²) in [6.07, 6.45) is 7.37. The van der Waals surface area contributed by atoms with Crippen LogP contribution in [0.4, 0.5) is 19.0 Å². The first-order valence-electron chi connectivity index (χ1n) is 14.7. The van der Waals surface area contributed by atoms with Crippen LogP contribution in [0.15, 0.2) is 61.5 Å². The maximum absolute atomic E-state index is 13.4. The average molecular weight is 618 g/mol. The molecule has 14 heteroatoms. The number of fused-ring (bicyclic) bond motifs is 1. The van der Waals surface area contributed by atoms with Gasteiger partial charge in [-0.1, -0.05) is 30.3 Å². The van der Waals surface area contributed by atoms with E-state index in [4.69, 9.17) is 19.6 Å². The van der Waals surface area contributed by atoms with Crippen LogP contribution in [0.25, 0.3) is 34.0 Å². The Kier molecular flexibility index (Phi) is 7.32. The van der Waals surface area contributed by atoms with Gasteiger partial charge in [-0.05, 0) is 31.4 Å². The molecule has 232 valence electrons. The maximum atomic E-state index is 13.4. The number of imidazole rings is 2. The Morgan fingerprint density at radius 3 is 2.58 bits per heavy atom. The van der Waals surface area contributed by atoms with Crippen LogP contribution in [0.1, 0.15) is 56.1 Å². The van der Waals surface area contributed by atoms with Crippen molar-refractivity contribution < 1.29 is 22.6 Å². The van der Waals surface area contributed by atoms with Gasteiger partial charge in [0.1, 0.15) is 12.2 Å². The fourth-order valence-corrected chi connectivity index (χ4v) is 5.69. The number of rotatable bonds is 7. The topological polar surface area (TPSA) is 117 Å². The van der Waals surface area contributed by atoms with E-state index in [0.29, 0.717) is 54.6 Å². The van der Waals surface area contributed by atoms with Gasteiger partial charge in [0.25, 0.3) is 0 Å². The number of nitrogens with one attached hydrogen (secondary N) is 1. The lowest BCUT2D eigenvalue weighted by Gasteiger charge is -2.30. The Balaban J connectivity index is 1.14. The van der Waals surface area contributed by atoms with Gasteiger partial charge in [-0.2, -0.15) is 13.2 Å². The highest BCUT2D eigenvalue weighted by atomic mass is 19.4. The summed E-state index contributed by atoms with van der Waals surface area (Å²) in [5.74, 6) is 0.672. The van der Waals surface area contributed by atoms with Crippen molar-refractivity contribution >= 4 is 17.0 Å². The van der Waals surface area contributed by atoms with E-state index in [9.17, 15) is 13.2 Å². The van der Waals surface area contributed by atoms with Crippen molar-refractivity contribution in [1.29, 1.82) is 0 Å². The van der Waals surface area contributed by atoms with Gasteiger partial charge in [0.05, 0.1) is 24.5 Å². The lowest BCUT2D eigenvalue weighted by atomic mass is 9.90. The molecular formula is C31H30F3N9O2. The number of alkyl halides is 3. The standard InChI is InChI=1S/C31H30F3N9O2/c1-19(2)42-17-24(31(32,33)34)39-28(42)22-5-3-20(4-6-22)15-37-27-29-36-11-12-43(29)41-26(40-27)23-16-35-18-38-25(23)21-7-9-30(10-8-21)44-13-14-45-30/h3-7,11-12,16-19H,8-10,13-15H2,1-2H3,(H,37,40,41). The zero-order chi connectivity index (χ0) is 31.2. The van der Waals surface area contributed by atoms with Crippen LogP contribution in [-0.4, -0.2) is 58.1 Å². The third-order valence-electron chi connectivity index (χ3n) is 8.01. The van der Waals surface area contributed by atoms with E-state index in [1.165, 1.54) is 10.9 Å². The number of hydrogen-bond donors (Lipinski definition) is 1. The quantitative estimate of drug-likeness (QED) is 0.236. The molecule has 11 nitrogen and oxygen atoms in total. The maximum Gasteiger partial charge on any atom is 0.434 e. The Hall–Kier alpha value is -4.69. The smallest absolute Gasteiger partial charge is 0.363 e. The summed E-state index contributed by atoms with van der Waals surface area (Å²) in [6, 6.07) is 7.05. The molecule has 1 aliphatic heterocycles. The Morgan fingerprint density at radius 2 is 1.87 bits per heavy atom. The second-order valence-corrected chi connectivity index (χ2v) is 11.3. The van der Waals surface area contributed by atoms with Gasteiger partial charge in [0.2, 0.25) is 0 Å². The third-order valence-corrected chi connectivity index (χ3v) is 8.01. The van der Waals surface area contributed by atoms with Crippen LogP contribution in [0.5, 0.6) is 0 Å². The number of anilines is 1. The Bertz CT molecular complexity index is 1870. The van der Waals surface area contributed by atoms with Gasteiger partial charge in [-0.3, -0.25) is 0 Å². The summed E-state index contributed by atoms with van der Waals surface area (Å²) in [5.41, 5.74) is 3.62. The molecule has 0 amide bonds. The van der Waals surface area contributed by atoms with E-state index in [1.54, 1.807) is 35.2 Å². The minimum atomic E-state index is -4.52. The number of ether oxygens (including phenoxy) is 2. The molecule has 0 bridgehead atoms. The van der Waals surface area contributed by atoms with E-state index in [-0.39, 0.29) is 11.9 Å². The largest absolute Gasteiger partial charge is 0.434 e. The molecule has 0 saturated carbocycles. The number of aromatic nitrogens is 8. The van der Waals surface area contributed by atoms with E-state index in [0.717, 1.165) is 35.9 Å². The fourth-order valence-electron chi connectivity index (χ4n) is 5.69. The van der Waals surface area contributed by atoms with Crippen molar-refractivity contribution in [2.75, 3.05) is 18.5 Å². The first-order chi connectivity index (χ1) is 21.7. The Labute approximate surface area is 256 Å². The van der Waals surface area contributed by atoms with E-state index in [2.05, 4.69) is 31.3 Å². The van der Waals surface area contributed by atoms with Gasteiger partial charge in [0.15, 0.2) is 28.8 Å². The highest BCUT2D eigenvalue weighted by molar-refractivity contribution is 5.77. The van der Waals surface area contributed by atoms with Crippen molar-refractivity contribution in [2.24, 2.45) is 0 Å². The van der Waals surface area contributed by atoms with Crippen molar-refractivity contribution in [1.82, 2.24) is 39.1 Å². The highest BCUT2D eigenvalue weighted by Crippen LogP contribution is 2.39. The molecule has 2 aliphatic rings. The summed E-state index contributed by atoms with van der Waals surface area (Å²) >= 11 is 0. The minimum absolute atomic E-state index is 0.189. The SMILES string of the molecule is CC(C)n1cc(C(F)(F)F)nc1-c1ccc(CNc2nc(-c3cncnc3C3=CCC4(CC3)OCCO4)nn3ccnc23)cc1. The van der Waals surface area contributed by atoms with Crippen LogP contribution >= 0.6 is 0 Å². The molecule has 1 saturated heterocycles. The lowest BCUT2D eigenvalue weighted by Crippen LogP contribution is -2.31. The van der Waals surface area contributed by atoms with E-state index < -0.39 is 17.7 Å². The summed E-state index contributed by atoms with van der Waals surface area (Å²) in [7, 11) is 0. The molecule has 5 heterocycles. The molecule has 7 rings (SSSR count). The summed E-state index contributed by atoms with van der Waals surface area (Å²) in [6.45, 7) is 5.24. The van der Waals surface area contributed by atoms with Crippen LogP contribution in [0.3, 0.4) is 0 Å². The Morgan fingerprint density at radius 1 is 1.07 bits per heavy atom. The molecule has 5 aromatic rings. The molecule has 1 fully saturated rings. The van der Waals surface area contributed by atoms with Crippen molar-refractivity contribution in [3.05, 3.63) is 78.4 Å². The summed E-state index contributed by atoms with van der Waals surface area (Å²) in [5, 5.41) is 8.04. The predicted octanol–water partition coefficient (Wildman–Crippen LogP) is 5.97. The average Bonchev–Trinajstić information content (AvgIpc) is 3.81. The lowest BCUT2D eigenvalue weighted by molar-refractivity contribution is -0.159. The summed E-state index contributed by atoms with van der Waals surface area (Å²) < 4.78 is 55.0. The molecule has 1 spiro atoms. The second kappa shape index (κ2) is 11.3. The zero-order valence-corrected chi connectivity index (χ0v) is 24.6. The van der Waals surface area contributed by atoms with Crippen LogP contribution in [0, 0.1) is 0 Å². The molecule has 45 heavy (non-hydrogen) atoms. The van der Waals surface area contributed by atoms with Gasteiger partial charge >= 0.3 is 6.18 Å². The molecule has 1 aromatic carbocycles. The van der Waals surface area contributed by atoms with Gasteiger partial charge in [-0.25, -0.2) is 29.4 Å². The van der Waals surface area contributed by atoms with Crippen LogP contribution < -0.4 is 5.32 Å². The molecule has 1 aliphatic carbocycles.